The van der Waals surface area contributed by atoms with Crippen LogP contribution in [0.4, 0.5) is 8.78 Å². The molecule has 39 heavy (non-hydrogen) atoms. The molecule has 1 heterocycles. The molecular formula is C29H41F2N5O3. The van der Waals surface area contributed by atoms with E-state index in [0.717, 1.165) is 24.5 Å². The minimum absolute atomic E-state index is 0.0305. The van der Waals surface area contributed by atoms with Crippen LogP contribution in [0.25, 0.3) is 0 Å². The summed E-state index contributed by atoms with van der Waals surface area (Å²) in [6.07, 6.45) is 3.16. The normalized spacial score (nSPS) is 20.4. The summed E-state index contributed by atoms with van der Waals surface area (Å²) in [6.45, 7) is 7.90. The number of halogens is 2. The third-order valence-electron chi connectivity index (χ3n) is 8.00. The molecule has 1 aliphatic heterocycles. The van der Waals surface area contributed by atoms with Gasteiger partial charge in [-0.1, -0.05) is 45.0 Å². The second kappa shape index (κ2) is 11.9. The van der Waals surface area contributed by atoms with Crippen LogP contribution in [0.15, 0.2) is 47.6 Å². The zero-order chi connectivity index (χ0) is 28.3. The molecule has 8 nitrogen and oxygen atoms in total. The van der Waals surface area contributed by atoms with Gasteiger partial charge in [0.25, 0.3) is 0 Å². The Kier molecular flexibility index (Phi) is 8.92. The highest BCUT2D eigenvalue weighted by Gasteiger charge is 2.47. The van der Waals surface area contributed by atoms with Gasteiger partial charge in [-0.2, -0.15) is 5.10 Å². The van der Waals surface area contributed by atoms with Crippen LogP contribution in [-0.4, -0.2) is 54.1 Å². The fraction of sp³-hybridized carbons (Fsp3) is 0.552. The van der Waals surface area contributed by atoms with Gasteiger partial charge < -0.3 is 25.7 Å². The van der Waals surface area contributed by atoms with E-state index < -0.39 is 35.1 Å². The van der Waals surface area contributed by atoms with Crippen molar-refractivity contribution in [2.75, 3.05) is 19.8 Å². The molecule has 1 saturated carbocycles. The Morgan fingerprint density at radius 1 is 1.08 bits per heavy atom. The lowest BCUT2D eigenvalue weighted by Gasteiger charge is -2.46. The Morgan fingerprint density at radius 3 is 2.31 bits per heavy atom. The summed E-state index contributed by atoms with van der Waals surface area (Å²) in [5.41, 5.74) is 2.23. The molecule has 2 aliphatic rings. The van der Waals surface area contributed by atoms with Crippen LogP contribution >= 0.6 is 0 Å². The molecule has 0 aromatic heterocycles. The predicted octanol–water partition coefficient (Wildman–Crippen LogP) is 3.41. The highest BCUT2D eigenvalue weighted by atomic mass is 19.1. The van der Waals surface area contributed by atoms with Crippen molar-refractivity contribution in [1.29, 1.82) is 0 Å². The van der Waals surface area contributed by atoms with Crippen LogP contribution in [-0.2, 0) is 26.8 Å². The van der Waals surface area contributed by atoms with Crippen molar-refractivity contribution in [3.63, 3.8) is 0 Å². The molecule has 0 amide bonds. The van der Waals surface area contributed by atoms with Crippen LogP contribution in [0.2, 0.25) is 0 Å². The molecule has 1 saturated heterocycles. The van der Waals surface area contributed by atoms with E-state index >= 15 is 0 Å². The van der Waals surface area contributed by atoms with Gasteiger partial charge in [0.15, 0.2) is 5.79 Å². The smallest absolute Gasteiger partial charge is 0.168 e. The highest BCUT2D eigenvalue weighted by Crippen LogP contribution is 2.45. The number of nitrogens with one attached hydrogen (secondary N) is 1. The Bertz CT molecular complexity index is 1120. The van der Waals surface area contributed by atoms with Gasteiger partial charge in [0.05, 0.1) is 25.4 Å². The van der Waals surface area contributed by atoms with Crippen LogP contribution in [0.5, 0.6) is 0 Å². The van der Waals surface area contributed by atoms with Crippen molar-refractivity contribution in [2.45, 2.75) is 81.8 Å². The zero-order valence-electron chi connectivity index (χ0n) is 23.0. The summed E-state index contributed by atoms with van der Waals surface area (Å²) in [7, 11) is 0. The first-order valence-corrected chi connectivity index (χ1v) is 13.5. The maximum atomic E-state index is 13.9. The quantitative estimate of drug-likeness (QED) is 0.165. The van der Waals surface area contributed by atoms with Crippen molar-refractivity contribution < 1.29 is 23.4 Å². The average Bonchev–Trinajstić information content (AvgIpc) is 3.34. The Hall–Kier alpha value is -2.63. The summed E-state index contributed by atoms with van der Waals surface area (Å²) >= 11 is 0. The number of hydrazone groups is 1. The number of aliphatic hydroxyl groups is 1. The monoisotopic (exact) mass is 545 g/mol. The van der Waals surface area contributed by atoms with Gasteiger partial charge >= 0.3 is 0 Å². The molecular weight excluding hydrogens is 504 g/mol. The first kappa shape index (κ1) is 29.4. The van der Waals surface area contributed by atoms with E-state index in [-0.39, 0.29) is 18.4 Å². The van der Waals surface area contributed by atoms with E-state index in [1.54, 1.807) is 0 Å². The molecule has 2 atom stereocenters. The van der Waals surface area contributed by atoms with E-state index in [9.17, 15) is 13.9 Å². The Labute approximate surface area is 229 Å². The third-order valence-corrected chi connectivity index (χ3v) is 8.00. The molecule has 0 bridgehead atoms. The summed E-state index contributed by atoms with van der Waals surface area (Å²) < 4.78 is 39.7. The van der Waals surface area contributed by atoms with Crippen LogP contribution < -0.4 is 17.0 Å². The molecule has 1 aliphatic carbocycles. The molecule has 2 unspecified atom stereocenters. The number of benzene rings is 2. The molecule has 2 aromatic carbocycles. The summed E-state index contributed by atoms with van der Waals surface area (Å²) in [5, 5.41) is 19.7. The van der Waals surface area contributed by atoms with Crippen molar-refractivity contribution in [2.24, 2.45) is 16.8 Å². The lowest BCUT2D eigenvalue weighted by Crippen LogP contribution is -2.56. The second-order valence-corrected chi connectivity index (χ2v) is 11.7. The number of hydrogen-bond acceptors (Lipinski definition) is 7. The predicted molar refractivity (Wildman–Crippen MR) is 146 cm³/mol. The van der Waals surface area contributed by atoms with E-state index in [1.165, 1.54) is 29.0 Å². The Balaban J connectivity index is 1.59. The lowest BCUT2D eigenvalue weighted by molar-refractivity contribution is -0.187. The largest absolute Gasteiger partial charge is 0.390 e. The maximum absolute atomic E-state index is 13.9. The number of nitrogens with zero attached hydrogens (tertiary/aromatic N) is 2. The SMILES string of the molecule is CC(C)(C)c1cccc(C2(NCC(O)C(Cc3cc(F)cc(F)c3)N(N)/C=N\N)CCC3(CC2)OCCO3)c1. The molecule has 2 fully saturated rings. The van der Waals surface area contributed by atoms with Gasteiger partial charge in [-0.05, 0) is 53.5 Å². The molecule has 1 spiro atoms. The number of rotatable bonds is 9. The molecule has 6 N–H and O–H groups in total. The minimum Gasteiger partial charge on any atom is -0.390 e. The fourth-order valence-electron chi connectivity index (χ4n) is 5.70. The first-order valence-electron chi connectivity index (χ1n) is 13.5. The average molecular weight is 546 g/mol. The fourth-order valence-corrected chi connectivity index (χ4v) is 5.70. The zero-order valence-corrected chi connectivity index (χ0v) is 23.0. The molecule has 2 aromatic rings. The van der Waals surface area contributed by atoms with Crippen molar-refractivity contribution in [3.8, 4) is 0 Å². The highest BCUT2D eigenvalue weighted by molar-refractivity contribution is 5.54. The first-order chi connectivity index (χ1) is 18.5. The number of nitrogens with two attached hydrogens (primary N) is 2. The van der Waals surface area contributed by atoms with Gasteiger partial charge in [0.1, 0.15) is 18.0 Å². The van der Waals surface area contributed by atoms with Crippen molar-refractivity contribution >= 4 is 6.34 Å². The van der Waals surface area contributed by atoms with E-state index in [1.807, 2.05) is 0 Å². The molecule has 214 valence electrons. The second-order valence-electron chi connectivity index (χ2n) is 11.7. The van der Waals surface area contributed by atoms with Gasteiger partial charge in [0.2, 0.25) is 0 Å². The van der Waals surface area contributed by atoms with Gasteiger partial charge in [-0.15, -0.1) is 0 Å². The lowest BCUT2D eigenvalue weighted by atomic mass is 9.72. The molecule has 4 rings (SSSR count). The van der Waals surface area contributed by atoms with E-state index in [2.05, 4.69) is 55.5 Å². The van der Waals surface area contributed by atoms with Gasteiger partial charge in [0, 0.05) is 31.0 Å². The van der Waals surface area contributed by atoms with E-state index in [4.69, 9.17) is 21.2 Å². The number of ether oxygens (including phenoxy) is 2. The Morgan fingerprint density at radius 2 is 1.72 bits per heavy atom. The molecule has 10 heteroatoms. The van der Waals surface area contributed by atoms with Crippen LogP contribution in [0, 0.1) is 11.6 Å². The third kappa shape index (κ3) is 6.93. The van der Waals surface area contributed by atoms with Gasteiger partial charge in [-0.25, -0.2) is 14.6 Å². The van der Waals surface area contributed by atoms with Crippen LogP contribution in [0.3, 0.4) is 0 Å². The maximum Gasteiger partial charge on any atom is 0.168 e. The van der Waals surface area contributed by atoms with Gasteiger partial charge in [-0.3, -0.25) is 5.01 Å². The van der Waals surface area contributed by atoms with Crippen molar-refractivity contribution in [1.82, 2.24) is 10.3 Å². The number of hydrazine groups is 1. The standard InChI is InChI=1S/C29H41F2N5O3/c1-27(2,3)21-5-4-6-22(16-21)28(7-9-29(10-8-28)38-11-12-39-29)34-18-26(37)25(36(33)19-35-32)15-20-13-23(30)17-24(31)14-20/h4-6,13-14,16-17,19,25-26,34,37H,7-12,15,18,32-33H2,1-3H3/b35-19-. The van der Waals surface area contributed by atoms with E-state index in [0.29, 0.717) is 31.6 Å². The minimum atomic E-state index is -1.02. The summed E-state index contributed by atoms with van der Waals surface area (Å²) in [4.78, 5) is 0. The van der Waals surface area contributed by atoms with Crippen molar-refractivity contribution in [3.05, 3.63) is 70.8 Å². The summed E-state index contributed by atoms with van der Waals surface area (Å²) in [5.74, 6) is 9.51. The number of aliphatic hydroxyl groups excluding tert-OH is 1. The summed E-state index contributed by atoms with van der Waals surface area (Å²) in [6, 6.07) is 11.1. The van der Waals surface area contributed by atoms with Crippen LogP contribution in [0.1, 0.15) is 63.1 Å². The molecule has 0 radical (unpaired) electrons. The topological polar surface area (TPSA) is 118 Å². The number of hydrogen-bond donors (Lipinski definition) is 4.